The molecule has 0 spiro atoms. The normalized spacial score (nSPS) is 12.2. The van der Waals surface area contributed by atoms with Gasteiger partial charge in [-0.05, 0) is 12.8 Å². The van der Waals surface area contributed by atoms with Gasteiger partial charge >= 0.3 is 0 Å². The Kier molecular flexibility index (Phi) is 8.51. The summed E-state index contributed by atoms with van der Waals surface area (Å²) in [5.41, 5.74) is 0.776. The predicted octanol–water partition coefficient (Wildman–Crippen LogP) is 3.35. The SMILES string of the molecule is CCNC(=NCc1noc(C(C)(C)C)n1)NCc1cc(C(C)C)no1.I. The quantitative estimate of drug-likeness (QED) is 0.375. The van der Waals surface area contributed by atoms with E-state index in [1.54, 1.807) is 0 Å². The maximum Gasteiger partial charge on any atom is 0.232 e. The third-order valence-electron chi connectivity index (χ3n) is 3.43. The minimum atomic E-state index is -0.169. The van der Waals surface area contributed by atoms with Crippen LogP contribution in [0.25, 0.3) is 0 Å². The standard InChI is InChI=1S/C17H28N6O2.HI/c1-7-18-16(19-9-12-8-13(11(2)3)22-24-12)20-10-14-21-15(25-23-14)17(4,5)6;/h8,11H,7,9-10H2,1-6H3,(H2,18,19,20);1H. The van der Waals surface area contributed by atoms with Crippen molar-refractivity contribution in [2.45, 2.75) is 66.0 Å². The molecule has 0 saturated heterocycles. The first-order valence-corrected chi connectivity index (χ1v) is 8.60. The van der Waals surface area contributed by atoms with Crippen LogP contribution in [-0.4, -0.2) is 27.8 Å². The molecular weight excluding hydrogens is 447 g/mol. The molecule has 2 aromatic heterocycles. The lowest BCUT2D eigenvalue weighted by Gasteiger charge is -2.10. The van der Waals surface area contributed by atoms with Crippen LogP contribution in [0.1, 0.15) is 70.6 Å². The van der Waals surface area contributed by atoms with Gasteiger partial charge in [0.25, 0.3) is 0 Å². The van der Waals surface area contributed by atoms with E-state index in [1.165, 1.54) is 0 Å². The fourth-order valence-corrected chi connectivity index (χ4v) is 1.97. The first-order valence-electron chi connectivity index (χ1n) is 8.60. The summed E-state index contributed by atoms with van der Waals surface area (Å²) in [5.74, 6) is 2.94. The van der Waals surface area contributed by atoms with Crippen LogP contribution in [-0.2, 0) is 18.5 Å². The van der Waals surface area contributed by atoms with Crippen molar-refractivity contribution in [2.75, 3.05) is 6.54 Å². The lowest BCUT2D eigenvalue weighted by Crippen LogP contribution is -2.36. The molecule has 8 nitrogen and oxygen atoms in total. The number of hydrogen-bond acceptors (Lipinski definition) is 6. The average Bonchev–Trinajstić information content (AvgIpc) is 3.18. The number of hydrogen-bond donors (Lipinski definition) is 2. The maximum atomic E-state index is 5.32. The smallest absolute Gasteiger partial charge is 0.232 e. The molecule has 0 saturated carbocycles. The molecule has 2 aromatic rings. The zero-order valence-corrected chi connectivity index (χ0v) is 18.6. The first kappa shape index (κ1) is 22.4. The van der Waals surface area contributed by atoms with Crippen LogP contribution in [0.5, 0.6) is 0 Å². The summed E-state index contributed by atoms with van der Waals surface area (Å²) in [6.45, 7) is 13.8. The molecule has 2 heterocycles. The largest absolute Gasteiger partial charge is 0.359 e. The van der Waals surface area contributed by atoms with E-state index >= 15 is 0 Å². The van der Waals surface area contributed by atoms with Crippen LogP contribution < -0.4 is 10.6 Å². The molecular formula is C17H29IN6O2. The van der Waals surface area contributed by atoms with Gasteiger partial charge in [-0.15, -0.1) is 24.0 Å². The van der Waals surface area contributed by atoms with E-state index in [9.17, 15) is 0 Å². The summed E-state index contributed by atoms with van der Waals surface area (Å²) >= 11 is 0. The van der Waals surface area contributed by atoms with Crippen molar-refractivity contribution >= 4 is 29.9 Å². The van der Waals surface area contributed by atoms with Crippen molar-refractivity contribution in [3.05, 3.63) is 29.2 Å². The highest BCUT2D eigenvalue weighted by Gasteiger charge is 2.21. The molecule has 0 radical (unpaired) electrons. The Labute approximate surface area is 171 Å². The number of guanidine groups is 1. The highest BCUT2D eigenvalue weighted by atomic mass is 127. The van der Waals surface area contributed by atoms with Crippen LogP contribution >= 0.6 is 24.0 Å². The molecule has 0 unspecified atom stereocenters. The van der Waals surface area contributed by atoms with Gasteiger partial charge in [-0.25, -0.2) is 4.99 Å². The Bertz CT molecular complexity index is 702. The van der Waals surface area contributed by atoms with Gasteiger partial charge < -0.3 is 19.7 Å². The van der Waals surface area contributed by atoms with Crippen LogP contribution in [0.3, 0.4) is 0 Å². The highest BCUT2D eigenvalue weighted by molar-refractivity contribution is 14.0. The fourth-order valence-electron chi connectivity index (χ4n) is 1.97. The van der Waals surface area contributed by atoms with Gasteiger partial charge in [-0.2, -0.15) is 4.98 Å². The molecule has 9 heteroatoms. The molecule has 146 valence electrons. The fraction of sp³-hybridized carbons (Fsp3) is 0.647. The van der Waals surface area contributed by atoms with Crippen LogP contribution in [0.2, 0.25) is 0 Å². The van der Waals surface area contributed by atoms with Crippen LogP contribution in [0, 0.1) is 0 Å². The Balaban J connectivity index is 0.00000338. The van der Waals surface area contributed by atoms with E-state index in [2.05, 4.69) is 44.8 Å². The number of halogens is 1. The van der Waals surface area contributed by atoms with Gasteiger partial charge in [0.15, 0.2) is 17.5 Å². The van der Waals surface area contributed by atoms with E-state index in [1.807, 2.05) is 33.8 Å². The minimum Gasteiger partial charge on any atom is -0.359 e. The number of aromatic nitrogens is 3. The summed E-state index contributed by atoms with van der Waals surface area (Å²) in [6, 6.07) is 1.95. The van der Waals surface area contributed by atoms with Gasteiger partial charge in [-0.1, -0.05) is 44.9 Å². The third-order valence-corrected chi connectivity index (χ3v) is 3.43. The summed E-state index contributed by atoms with van der Waals surface area (Å²) in [4.78, 5) is 8.87. The van der Waals surface area contributed by atoms with E-state index < -0.39 is 0 Å². The van der Waals surface area contributed by atoms with Crippen molar-refractivity contribution in [1.82, 2.24) is 25.9 Å². The van der Waals surface area contributed by atoms with Gasteiger partial charge in [0.1, 0.15) is 6.54 Å². The maximum absolute atomic E-state index is 5.32. The second-order valence-corrected chi connectivity index (χ2v) is 7.19. The van der Waals surface area contributed by atoms with E-state index in [0.29, 0.717) is 36.7 Å². The van der Waals surface area contributed by atoms with E-state index in [-0.39, 0.29) is 29.4 Å². The molecule has 26 heavy (non-hydrogen) atoms. The molecule has 2 rings (SSSR count). The predicted molar refractivity (Wildman–Crippen MR) is 111 cm³/mol. The zero-order chi connectivity index (χ0) is 18.4. The van der Waals surface area contributed by atoms with E-state index in [4.69, 9.17) is 9.05 Å². The highest BCUT2D eigenvalue weighted by Crippen LogP contribution is 2.19. The third kappa shape index (κ3) is 6.58. The summed E-state index contributed by atoms with van der Waals surface area (Å²) < 4.78 is 10.6. The molecule has 0 aliphatic heterocycles. The molecule has 0 aromatic carbocycles. The molecule has 0 bridgehead atoms. The van der Waals surface area contributed by atoms with Crippen molar-refractivity contribution in [1.29, 1.82) is 0 Å². The first-order chi connectivity index (χ1) is 11.8. The molecule has 0 aliphatic carbocycles. The van der Waals surface area contributed by atoms with Gasteiger partial charge in [-0.3, -0.25) is 0 Å². The Morgan fingerprint density at radius 3 is 2.46 bits per heavy atom. The van der Waals surface area contributed by atoms with Crippen molar-refractivity contribution in [3.63, 3.8) is 0 Å². The summed E-state index contributed by atoms with van der Waals surface area (Å²) in [6.07, 6.45) is 0. The topological polar surface area (TPSA) is 101 Å². The Morgan fingerprint density at radius 1 is 1.19 bits per heavy atom. The van der Waals surface area contributed by atoms with Crippen LogP contribution in [0.15, 0.2) is 20.1 Å². The lowest BCUT2D eigenvalue weighted by molar-refractivity contribution is 0.318. The van der Waals surface area contributed by atoms with Crippen molar-refractivity contribution in [3.8, 4) is 0 Å². The Morgan fingerprint density at radius 2 is 1.92 bits per heavy atom. The molecule has 0 atom stereocenters. The number of aliphatic imine (C=N–C) groups is 1. The van der Waals surface area contributed by atoms with Gasteiger partial charge in [0.2, 0.25) is 5.89 Å². The number of nitrogens with zero attached hydrogens (tertiary/aromatic N) is 4. The van der Waals surface area contributed by atoms with Crippen molar-refractivity contribution < 1.29 is 9.05 Å². The van der Waals surface area contributed by atoms with Gasteiger partial charge in [0, 0.05) is 18.0 Å². The molecule has 0 fully saturated rings. The zero-order valence-electron chi connectivity index (χ0n) is 16.3. The monoisotopic (exact) mass is 476 g/mol. The molecule has 0 aliphatic rings. The summed E-state index contributed by atoms with van der Waals surface area (Å²) in [7, 11) is 0. The lowest BCUT2D eigenvalue weighted by atomic mass is 9.97. The minimum absolute atomic E-state index is 0. The number of nitrogens with one attached hydrogen (secondary N) is 2. The number of rotatable bonds is 6. The second kappa shape index (κ2) is 9.89. The van der Waals surface area contributed by atoms with Crippen molar-refractivity contribution in [2.24, 2.45) is 4.99 Å². The average molecular weight is 476 g/mol. The van der Waals surface area contributed by atoms with Crippen LogP contribution in [0.4, 0.5) is 0 Å². The van der Waals surface area contributed by atoms with Gasteiger partial charge in [0.05, 0.1) is 12.2 Å². The molecule has 2 N–H and O–H groups in total. The molecule has 0 amide bonds. The second-order valence-electron chi connectivity index (χ2n) is 7.19. The van der Waals surface area contributed by atoms with E-state index in [0.717, 1.165) is 18.0 Å². The summed E-state index contributed by atoms with van der Waals surface area (Å²) in [5, 5.41) is 14.4. The Hall–Kier alpha value is -1.65.